The van der Waals surface area contributed by atoms with Gasteiger partial charge in [-0.1, -0.05) is 20.8 Å². The Morgan fingerprint density at radius 2 is 1.97 bits per heavy atom. The molecule has 1 heterocycles. The van der Waals surface area contributed by atoms with Gasteiger partial charge >= 0.3 is 17.9 Å². The van der Waals surface area contributed by atoms with Gasteiger partial charge in [0.15, 0.2) is 0 Å². The highest BCUT2D eigenvalue weighted by molar-refractivity contribution is 5.93. The van der Waals surface area contributed by atoms with Gasteiger partial charge in [0.2, 0.25) is 0 Å². The van der Waals surface area contributed by atoms with Gasteiger partial charge in [-0.25, -0.2) is 4.79 Å². The lowest BCUT2D eigenvalue weighted by Gasteiger charge is -2.58. The summed E-state index contributed by atoms with van der Waals surface area (Å²) >= 11 is 0. The van der Waals surface area contributed by atoms with Gasteiger partial charge in [-0.15, -0.1) is 0 Å². The smallest absolute Gasteiger partial charge is 0.338 e. The molecule has 0 saturated heterocycles. The van der Waals surface area contributed by atoms with E-state index in [-0.39, 0.29) is 25.4 Å². The molecule has 2 saturated carbocycles. The maximum absolute atomic E-state index is 12.5. The zero-order valence-corrected chi connectivity index (χ0v) is 18.3. The van der Waals surface area contributed by atoms with E-state index in [4.69, 9.17) is 14.2 Å². The molecule has 0 bridgehead atoms. The first-order chi connectivity index (χ1) is 13.9. The Morgan fingerprint density at radius 1 is 1.30 bits per heavy atom. The molecular formula is C22H32O8. The van der Waals surface area contributed by atoms with Crippen molar-refractivity contribution >= 4 is 17.9 Å². The van der Waals surface area contributed by atoms with Crippen LogP contribution in [0.25, 0.3) is 0 Å². The van der Waals surface area contributed by atoms with E-state index in [0.717, 1.165) is 0 Å². The van der Waals surface area contributed by atoms with Crippen LogP contribution >= 0.6 is 0 Å². The SMILES string of the molecule is CC(=O)OCC1=C2CC[C@@]3(C)[C@H](O)C[C@H](OC(=O)CC(C)C)[C@@](C)(O)[C@@H]3[C@H]2OC1=O. The predicted molar refractivity (Wildman–Crippen MR) is 105 cm³/mol. The fraction of sp³-hybridized carbons (Fsp3) is 0.773. The van der Waals surface area contributed by atoms with E-state index >= 15 is 0 Å². The van der Waals surface area contributed by atoms with E-state index in [9.17, 15) is 24.6 Å². The zero-order chi connectivity index (χ0) is 22.4. The fourth-order valence-electron chi connectivity index (χ4n) is 5.32. The third-order valence-corrected chi connectivity index (χ3v) is 6.91. The topological polar surface area (TPSA) is 119 Å². The molecule has 0 spiro atoms. The van der Waals surface area contributed by atoms with Gasteiger partial charge in [0.25, 0.3) is 0 Å². The summed E-state index contributed by atoms with van der Waals surface area (Å²) in [6.07, 6.45) is -1.19. The molecule has 3 aliphatic rings. The summed E-state index contributed by atoms with van der Waals surface area (Å²) in [6.45, 7) is 8.33. The van der Waals surface area contributed by atoms with E-state index < -0.39 is 53.2 Å². The molecular weight excluding hydrogens is 392 g/mol. The molecule has 6 atom stereocenters. The van der Waals surface area contributed by atoms with E-state index in [0.29, 0.717) is 24.0 Å². The Labute approximate surface area is 176 Å². The van der Waals surface area contributed by atoms with Gasteiger partial charge in [0, 0.05) is 31.1 Å². The van der Waals surface area contributed by atoms with Crippen molar-refractivity contribution < 1.29 is 38.8 Å². The number of esters is 3. The maximum Gasteiger partial charge on any atom is 0.338 e. The fourth-order valence-corrected chi connectivity index (χ4v) is 5.32. The molecule has 2 fully saturated rings. The second-order valence-electron chi connectivity index (χ2n) is 9.65. The van der Waals surface area contributed by atoms with Crippen LogP contribution in [0.1, 0.15) is 60.3 Å². The molecule has 2 N–H and O–H groups in total. The number of carbonyl (C=O) groups excluding carboxylic acids is 3. The van der Waals surface area contributed by atoms with Gasteiger partial charge in [0.1, 0.15) is 24.4 Å². The summed E-state index contributed by atoms with van der Waals surface area (Å²) in [4.78, 5) is 36.0. The van der Waals surface area contributed by atoms with Crippen molar-refractivity contribution in [1.29, 1.82) is 0 Å². The first-order valence-corrected chi connectivity index (χ1v) is 10.5. The Balaban J connectivity index is 1.93. The minimum Gasteiger partial charge on any atom is -0.461 e. The summed E-state index contributed by atoms with van der Waals surface area (Å²) in [5.41, 5.74) is -1.27. The minimum atomic E-state index is -1.52. The normalized spacial score (nSPS) is 38.1. The van der Waals surface area contributed by atoms with Crippen molar-refractivity contribution in [3.05, 3.63) is 11.1 Å². The lowest BCUT2D eigenvalue weighted by Crippen LogP contribution is -2.67. The highest BCUT2D eigenvalue weighted by atomic mass is 16.6. The Kier molecular flexibility index (Phi) is 6.04. The molecule has 0 radical (unpaired) electrons. The number of ether oxygens (including phenoxy) is 3. The molecule has 168 valence electrons. The van der Waals surface area contributed by atoms with Crippen LogP contribution in [0.4, 0.5) is 0 Å². The molecule has 0 unspecified atom stereocenters. The predicted octanol–water partition coefficient (Wildman–Crippen LogP) is 1.66. The zero-order valence-electron chi connectivity index (χ0n) is 18.3. The largest absolute Gasteiger partial charge is 0.461 e. The number of hydrogen-bond acceptors (Lipinski definition) is 8. The van der Waals surface area contributed by atoms with Crippen LogP contribution in [0.5, 0.6) is 0 Å². The van der Waals surface area contributed by atoms with E-state index in [1.165, 1.54) is 6.92 Å². The number of hydrogen-bond donors (Lipinski definition) is 2. The number of fused-ring (bicyclic) bond motifs is 3. The molecule has 1 aliphatic heterocycles. The summed E-state index contributed by atoms with van der Waals surface area (Å²) in [5.74, 6) is -2.09. The third kappa shape index (κ3) is 3.87. The van der Waals surface area contributed by atoms with Crippen molar-refractivity contribution in [3.8, 4) is 0 Å². The molecule has 8 heteroatoms. The van der Waals surface area contributed by atoms with Gasteiger partial charge in [0.05, 0.1) is 11.7 Å². The van der Waals surface area contributed by atoms with Crippen LogP contribution in [0, 0.1) is 17.3 Å². The van der Waals surface area contributed by atoms with Gasteiger partial charge in [-0.3, -0.25) is 9.59 Å². The molecule has 30 heavy (non-hydrogen) atoms. The highest BCUT2D eigenvalue weighted by Crippen LogP contribution is 2.58. The van der Waals surface area contributed by atoms with Crippen LogP contribution in [0.3, 0.4) is 0 Å². The molecule has 2 aliphatic carbocycles. The lowest BCUT2D eigenvalue weighted by molar-refractivity contribution is -0.245. The van der Waals surface area contributed by atoms with Gasteiger partial charge in [-0.2, -0.15) is 0 Å². The van der Waals surface area contributed by atoms with Crippen molar-refractivity contribution in [3.63, 3.8) is 0 Å². The van der Waals surface area contributed by atoms with Gasteiger partial charge < -0.3 is 24.4 Å². The summed E-state index contributed by atoms with van der Waals surface area (Å²) in [5, 5.41) is 22.5. The lowest BCUT2D eigenvalue weighted by atomic mass is 9.51. The number of rotatable bonds is 5. The first kappa shape index (κ1) is 22.7. The Bertz CT molecular complexity index is 767. The van der Waals surface area contributed by atoms with Crippen LogP contribution in [-0.4, -0.2) is 58.6 Å². The Morgan fingerprint density at radius 3 is 2.57 bits per heavy atom. The van der Waals surface area contributed by atoms with Crippen LogP contribution in [0.15, 0.2) is 11.1 Å². The molecule has 0 aromatic heterocycles. The number of carbonyl (C=O) groups is 3. The van der Waals surface area contributed by atoms with E-state index in [1.807, 2.05) is 20.8 Å². The standard InChI is InChI=1S/C22H32O8/c1-11(2)8-17(25)29-16-9-15(24)21(4)7-6-13-14(10-28-12(3)23)20(26)30-18(13)19(21)22(16,5)27/h11,15-16,18-19,24,27H,6-10H2,1-5H3/t15-,16+,18+,19-,21+,22-/m1/s1. The monoisotopic (exact) mass is 424 g/mol. The molecule has 0 aromatic rings. The van der Waals surface area contributed by atoms with Crippen LogP contribution in [0.2, 0.25) is 0 Å². The van der Waals surface area contributed by atoms with Crippen molar-refractivity contribution in [1.82, 2.24) is 0 Å². The summed E-state index contributed by atoms with van der Waals surface area (Å²) in [6, 6.07) is 0. The van der Waals surface area contributed by atoms with Crippen LogP contribution < -0.4 is 0 Å². The average Bonchev–Trinajstić information content (AvgIpc) is 2.91. The molecule has 3 rings (SSSR count). The van der Waals surface area contributed by atoms with Crippen molar-refractivity contribution in [2.75, 3.05) is 6.61 Å². The highest BCUT2D eigenvalue weighted by Gasteiger charge is 2.65. The van der Waals surface area contributed by atoms with E-state index in [1.54, 1.807) is 6.92 Å². The molecule has 0 aromatic carbocycles. The molecule has 0 amide bonds. The Hall–Kier alpha value is -1.93. The average molecular weight is 424 g/mol. The van der Waals surface area contributed by atoms with Crippen molar-refractivity contribution in [2.45, 2.75) is 84.2 Å². The third-order valence-electron chi connectivity index (χ3n) is 6.91. The second kappa shape index (κ2) is 7.96. The first-order valence-electron chi connectivity index (χ1n) is 10.5. The van der Waals surface area contributed by atoms with E-state index in [2.05, 4.69) is 0 Å². The van der Waals surface area contributed by atoms with Gasteiger partial charge in [-0.05, 0) is 31.3 Å². The minimum absolute atomic E-state index is 0.102. The maximum atomic E-state index is 12.5. The van der Waals surface area contributed by atoms with Crippen LogP contribution in [-0.2, 0) is 28.6 Å². The number of aliphatic hydroxyl groups is 2. The summed E-state index contributed by atoms with van der Waals surface area (Å²) in [7, 11) is 0. The quantitative estimate of drug-likeness (QED) is 0.505. The second-order valence-corrected chi connectivity index (χ2v) is 9.65. The molecule has 8 nitrogen and oxygen atoms in total. The number of aliphatic hydroxyl groups excluding tert-OH is 1. The summed E-state index contributed by atoms with van der Waals surface area (Å²) < 4.78 is 16.2. The van der Waals surface area contributed by atoms with Crippen molar-refractivity contribution in [2.24, 2.45) is 17.3 Å².